The molecular formula is C25H17Cl3N2O4S. The molecule has 1 amide bonds. The second-order valence-corrected chi connectivity index (χ2v) is 9.70. The second-order valence-electron chi connectivity index (χ2n) is 7.44. The highest BCUT2D eigenvalue weighted by Crippen LogP contribution is 2.35. The molecule has 35 heavy (non-hydrogen) atoms. The Morgan fingerprint density at radius 2 is 1.80 bits per heavy atom. The largest absolute Gasteiger partial charge is 0.487 e. The number of carboxylic acid groups (broad SMARTS) is 1. The SMILES string of the molecule is CN1C(=O)C(=Cc2ccc(OCc3ccc(Cl)cc3Cl)c(Cl)c2)SC1=Nc1ccc(C(=O)O)cc1. The van der Waals surface area contributed by atoms with E-state index in [1.807, 2.05) is 0 Å². The molecular weight excluding hydrogens is 531 g/mol. The molecule has 1 aliphatic heterocycles. The van der Waals surface area contributed by atoms with Crippen molar-refractivity contribution in [3.8, 4) is 5.75 Å². The number of likely N-dealkylation sites (N-methyl/N-ethyl adjacent to an activating group) is 1. The number of hydrogen-bond acceptors (Lipinski definition) is 5. The summed E-state index contributed by atoms with van der Waals surface area (Å²) in [5.74, 6) is -0.736. The molecule has 10 heteroatoms. The second kappa shape index (κ2) is 10.7. The number of thioether (sulfide) groups is 1. The summed E-state index contributed by atoms with van der Waals surface area (Å²) >= 11 is 19.7. The van der Waals surface area contributed by atoms with Gasteiger partial charge in [0.2, 0.25) is 0 Å². The summed E-state index contributed by atoms with van der Waals surface area (Å²) in [7, 11) is 1.63. The Morgan fingerprint density at radius 1 is 1.06 bits per heavy atom. The first-order chi connectivity index (χ1) is 16.7. The zero-order chi connectivity index (χ0) is 25.1. The number of carbonyl (C=O) groups excluding carboxylic acids is 1. The van der Waals surface area contributed by atoms with Crippen molar-refractivity contribution < 1.29 is 19.4 Å². The summed E-state index contributed by atoms with van der Waals surface area (Å²) in [4.78, 5) is 30.1. The van der Waals surface area contributed by atoms with Gasteiger partial charge in [0.05, 0.1) is 21.2 Å². The van der Waals surface area contributed by atoms with E-state index >= 15 is 0 Å². The number of hydrogen-bond donors (Lipinski definition) is 1. The van der Waals surface area contributed by atoms with Gasteiger partial charge in [-0.2, -0.15) is 0 Å². The highest BCUT2D eigenvalue weighted by atomic mass is 35.5. The van der Waals surface area contributed by atoms with E-state index < -0.39 is 5.97 Å². The van der Waals surface area contributed by atoms with Gasteiger partial charge in [-0.25, -0.2) is 9.79 Å². The van der Waals surface area contributed by atoms with E-state index in [4.69, 9.17) is 44.6 Å². The molecule has 0 saturated carbocycles. The summed E-state index contributed by atoms with van der Waals surface area (Å²) in [6.45, 7) is 0.225. The smallest absolute Gasteiger partial charge is 0.335 e. The van der Waals surface area contributed by atoms with Crippen molar-refractivity contribution in [2.24, 2.45) is 4.99 Å². The van der Waals surface area contributed by atoms with E-state index in [0.29, 0.717) is 36.6 Å². The van der Waals surface area contributed by atoms with Gasteiger partial charge in [0.25, 0.3) is 5.91 Å². The van der Waals surface area contributed by atoms with Crippen molar-refractivity contribution in [2.75, 3.05) is 7.05 Å². The van der Waals surface area contributed by atoms with E-state index in [1.165, 1.54) is 28.8 Å². The van der Waals surface area contributed by atoms with Crippen molar-refractivity contribution in [3.63, 3.8) is 0 Å². The molecule has 0 aliphatic carbocycles. The lowest BCUT2D eigenvalue weighted by Crippen LogP contribution is -2.23. The van der Waals surface area contributed by atoms with Gasteiger partial charge in [0.1, 0.15) is 12.4 Å². The minimum Gasteiger partial charge on any atom is -0.487 e. The number of carboxylic acids is 1. The Labute approximate surface area is 220 Å². The Kier molecular flexibility index (Phi) is 7.72. The number of nitrogens with zero attached hydrogens (tertiary/aromatic N) is 2. The Bertz CT molecular complexity index is 1370. The van der Waals surface area contributed by atoms with Crippen molar-refractivity contribution in [1.29, 1.82) is 0 Å². The van der Waals surface area contributed by atoms with Crippen LogP contribution in [0, 0.1) is 0 Å². The van der Waals surface area contributed by atoms with Gasteiger partial charge in [0, 0.05) is 22.7 Å². The van der Waals surface area contributed by atoms with E-state index in [9.17, 15) is 9.59 Å². The maximum absolute atomic E-state index is 12.7. The Morgan fingerprint density at radius 3 is 2.46 bits per heavy atom. The number of rotatable bonds is 6. The third-order valence-electron chi connectivity index (χ3n) is 4.99. The predicted octanol–water partition coefficient (Wildman–Crippen LogP) is 7.16. The van der Waals surface area contributed by atoms with Crippen LogP contribution in [0.2, 0.25) is 15.1 Å². The lowest BCUT2D eigenvalue weighted by Gasteiger charge is -2.10. The maximum Gasteiger partial charge on any atom is 0.335 e. The van der Waals surface area contributed by atoms with Crippen LogP contribution >= 0.6 is 46.6 Å². The first kappa shape index (κ1) is 25.1. The van der Waals surface area contributed by atoms with Gasteiger partial charge < -0.3 is 9.84 Å². The minimum atomic E-state index is -1.01. The van der Waals surface area contributed by atoms with Gasteiger partial charge in [-0.3, -0.25) is 9.69 Å². The fourth-order valence-electron chi connectivity index (χ4n) is 3.11. The molecule has 6 nitrogen and oxygen atoms in total. The molecule has 0 atom stereocenters. The monoisotopic (exact) mass is 546 g/mol. The summed E-state index contributed by atoms with van der Waals surface area (Å²) in [5.41, 5.74) is 2.21. The van der Waals surface area contributed by atoms with Crippen LogP contribution < -0.4 is 4.74 Å². The third-order valence-corrected chi connectivity index (χ3v) is 6.94. The highest BCUT2D eigenvalue weighted by Gasteiger charge is 2.30. The molecule has 1 aliphatic rings. The zero-order valence-corrected chi connectivity index (χ0v) is 21.3. The van der Waals surface area contributed by atoms with Gasteiger partial charge in [-0.1, -0.05) is 46.9 Å². The van der Waals surface area contributed by atoms with Crippen LogP contribution in [0.25, 0.3) is 6.08 Å². The number of carbonyl (C=O) groups is 2. The Hall–Kier alpha value is -2.97. The number of ether oxygens (including phenoxy) is 1. The number of aromatic carboxylic acids is 1. The molecule has 3 aromatic rings. The van der Waals surface area contributed by atoms with Crippen LogP contribution in [0.15, 0.2) is 70.6 Å². The summed E-state index contributed by atoms with van der Waals surface area (Å²) in [5, 5.41) is 10.9. The molecule has 0 aromatic heterocycles. The first-order valence-corrected chi connectivity index (χ1v) is 12.1. The van der Waals surface area contributed by atoms with Gasteiger partial charge in [0.15, 0.2) is 5.17 Å². The quantitative estimate of drug-likeness (QED) is 0.331. The molecule has 3 aromatic carbocycles. The number of aliphatic imine (C=N–C) groups is 1. The molecule has 0 unspecified atom stereocenters. The van der Waals surface area contributed by atoms with Crippen molar-refractivity contribution in [1.82, 2.24) is 4.90 Å². The summed E-state index contributed by atoms with van der Waals surface area (Å²) < 4.78 is 5.80. The minimum absolute atomic E-state index is 0.165. The fourth-order valence-corrected chi connectivity index (χ4v) is 4.80. The van der Waals surface area contributed by atoms with Gasteiger partial charge >= 0.3 is 5.97 Å². The molecule has 1 fully saturated rings. The van der Waals surface area contributed by atoms with Crippen LogP contribution in [0.3, 0.4) is 0 Å². The predicted molar refractivity (Wildman–Crippen MR) is 141 cm³/mol. The lowest BCUT2D eigenvalue weighted by molar-refractivity contribution is -0.121. The highest BCUT2D eigenvalue weighted by molar-refractivity contribution is 8.18. The van der Waals surface area contributed by atoms with E-state index in [2.05, 4.69) is 4.99 Å². The standard InChI is InChI=1S/C25H17Cl3N2O4S/c1-30-23(31)22(35-25(30)29-18-7-4-15(5-8-18)24(32)33)11-14-2-9-21(20(28)10-14)34-13-16-3-6-17(26)12-19(16)27/h2-12H,13H2,1H3,(H,32,33). The molecule has 0 bridgehead atoms. The van der Waals surface area contributed by atoms with E-state index in [1.54, 1.807) is 61.7 Å². The van der Waals surface area contributed by atoms with Crippen LogP contribution in [0.5, 0.6) is 5.75 Å². The molecule has 1 saturated heterocycles. The maximum atomic E-state index is 12.7. The molecule has 1 heterocycles. The molecule has 0 spiro atoms. The van der Waals surface area contributed by atoms with Crippen molar-refractivity contribution >= 4 is 75.4 Å². The zero-order valence-electron chi connectivity index (χ0n) is 18.2. The summed E-state index contributed by atoms with van der Waals surface area (Å²) in [6.07, 6.45) is 1.73. The van der Waals surface area contributed by atoms with E-state index in [-0.39, 0.29) is 18.1 Å². The van der Waals surface area contributed by atoms with Crippen LogP contribution in [-0.2, 0) is 11.4 Å². The van der Waals surface area contributed by atoms with Gasteiger partial charge in [-0.15, -0.1) is 0 Å². The van der Waals surface area contributed by atoms with Crippen LogP contribution in [-0.4, -0.2) is 34.1 Å². The molecule has 0 radical (unpaired) electrons. The topological polar surface area (TPSA) is 79.2 Å². The average Bonchev–Trinajstić information content (AvgIpc) is 3.07. The van der Waals surface area contributed by atoms with Crippen LogP contribution in [0.1, 0.15) is 21.5 Å². The van der Waals surface area contributed by atoms with Crippen molar-refractivity contribution in [2.45, 2.75) is 6.61 Å². The first-order valence-electron chi connectivity index (χ1n) is 10.2. The normalized spacial score (nSPS) is 15.8. The number of halogens is 3. The van der Waals surface area contributed by atoms with E-state index in [0.717, 1.165) is 11.1 Å². The van der Waals surface area contributed by atoms with Gasteiger partial charge in [-0.05, 0) is 71.9 Å². The lowest BCUT2D eigenvalue weighted by atomic mass is 10.2. The molecule has 1 N–H and O–H groups in total. The number of amidine groups is 1. The molecule has 4 rings (SSSR count). The average molecular weight is 548 g/mol. The number of amides is 1. The van der Waals surface area contributed by atoms with Crippen LogP contribution in [0.4, 0.5) is 5.69 Å². The number of benzene rings is 3. The Balaban J connectivity index is 1.48. The van der Waals surface area contributed by atoms with Crippen molar-refractivity contribution in [3.05, 3.63) is 97.3 Å². The third kappa shape index (κ3) is 6.00. The fraction of sp³-hybridized carbons (Fsp3) is 0.0800. The molecule has 178 valence electrons. The summed E-state index contributed by atoms with van der Waals surface area (Å²) in [6, 6.07) is 16.5.